The van der Waals surface area contributed by atoms with Gasteiger partial charge in [0.2, 0.25) is 0 Å². The number of nitriles is 1. The highest BCUT2D eigenvalue weighted by atomic mass is 16.5. The highest BCUT2D eigenvalue weighted by molar-refractivity contribution is 5.34. The molecule has 0 unspecified atom stereocenters. The van der Waals surface area contributed by atoms with Crippen molar-refractivity contribution >= 4 is 0 Å². The first kappa shape index (κ1) is 15.9. The quantitative estimate of drug-likeness (QED) is 0.748. The van der Waals surface area contributed by atoms with Gasteiger partial charge in [0, 0.05) is 6.54 Å². The van der Waals surface area contributed by atoms with Crippen LogP contribution in [0.5, 0.6) is 5.75 Å². The molecule has 1 fully saturated rings. The van der Waals surface area contributed by atoms with Crippen molar-refractivity contribution in [3.63, 3.8) is 0 Å². The van der Waals surface area contributed by atoms with Crippen molar-refractivity contribution in [1.82, 2.24) is 4.90 Å². The van der Waals surface area contributed by atoms with Crippen LogP contribution in [0.1, 0.15) is 38.7 Å². The van der Waals surface area contributed by atoms with Crippen molar-refractivity contribution in [2.24, 2.45) is 11.8 Å². The Balaban J connectivity index is 1.58. The summed E-state index contributed by atoms with van der Waals surface area (Å²) in [6, 6.07) is 9.44. The zero-order valence-electron chi connectivity index (χ0n) is 13.2. The summed E-state index contributed by atoms with van der Waals surface area (Å²) in [7, 11) is 0. The molecule has 0 bridgehead atoms. The Hall–Kier alpha value is -1.53. The molecule has 2 atom stereocenters. The number of likely N-dealkylation sites (tertiary alicyclic amines) is 1. The molecule has 0 amide bonds. The Labute approximate surface area is 128 Å². The normalized spacial score (nSPS) is 22.7. The Bertz CT molecular complexity index is 463. The lowest BCUT2D eigenvalue weighted by Crippen LogP contribution is -2.38. The number of hydrogen-bond acceptors (Lipinski definition) is 3. The van der Waals surface area contributed by atoms with E-state index in [1.165, 1.54) is 32.5 Å². The van der Waals surface area contributed by atoms with E-state index in [1.807, 2.05) is 12.1 Å². The third-order valence-electron chi connectivity index (χ3n) is 4.54. The molecule has 2 rings (SSSR count). The van der Waals surface area contributed by atoms with Crippen molar-refractivity contribution in [3.8, 4) is 11.8 Å². The van der Waals surface area contributed by atoms with E-state index in [9.17, 15) is 0 Å². The second-order valence-electron chi connectivity index (χ2n) is 6.24. The summed E-state index contributed by atoms with van der Waals surface area (Å²) in [4.78, 5) is 2.59. The van der Waals surface area contributed by atoms with Gasteiger partial charge in [-0.1, -0.05) is 13.8 Å². The predicted molar refractivity (Wildman–Crippen MR) is 85.3 cm³/mol. The van der Waals surface area contributed by atoms with Gasteiger partial charge in [0.05, 0.1) is 18.2 Å². The summed E-state index contributed by atoms with van der Waals surface area (Å²) in [5.74, 6) is 2.56. The fraction of sp³-hybridized carbons (Fsp3) is 0.611. The van der Waals surface area contributed by atoms with Crippen LogP contribution in [0, 0.1) is 23.2 Å². The summed E-state index contributed by atoms with van der Waals surface area (Å²) in [5.41, 5.74) is 0.677. The minimum Gasteiger partial charge on any atom is -0.494 e. The molecule has 1 aromatic rings. The fourth-order valence-corrected chi connectivity index (χ4v) is 2.81. The van der Waals surface area contributed by atoms with Gasteiger partial charge in [0.15, 0.2) is 0 Å². The molecule has 0 spiro atoms. The third-order valence-corrected chi connectivity index (χ3v) is 4.54. The molecule has 0 aromatic heterocycles. The van der Waals surface area contributed by atoms with Gasteiger partial charge in [-0.15, -0.1) is 0 Å². The highest BCUT2D eigenvalue weighted by Crippen LogP contribution is 2.22. The van der Waals surface area contributed by atoms with E-state index in [1.54, 1.807) is 12.1 Å². The minimum absolute atomic E-state index is 0.677. The standard InChI is InChI=1S/C18H26N2O/c1-15-9-11-20(14-16(15)2)10-3-4-12-21-18-7-5-17(13-19)6-8-18/h5-8,15-16H,3-4,9-12,14H2,1-2H3/t15-,16-/m0/s1. The lowest BCUT2D eigenvalue weighted by atomic mass is 9.88. The lowest BCUT2D eigenvalue weighted by Gasteiger charge is -2.35. The van der Waals surface area contributed by atoms with Gasteiger partial charge >= 0.3 is 0 Å². The topological polar surface area (TPSA) is 36.3 Å². The number of hydrogen-bond donors (Lipinski definition) is 0. The zero-order chi connectivity index (χ0) is 15.1. The molecule has 1 heterocycles. The number of piperidine rings is 1. The number of benzene rings is 1. The first-order valence-corrected chi connectivity index (χ1v) is 8.04. The molecule has 21 heavy (non-hydrogen) atoms. The van der Waals surface area contributed by atoms with Crippen molar-refractivity contribution in [1.29, 1.82) is 5.26 Å². The van der Waals surface area contributed by atoms with Crippen molar-refractivity contribution < 1.29 is 4.74 Å². The molecule has 1 aliphatic rings. The van der Waals surface area contributed by atoms with E-state index in [0.717, 1.165) is 30.6 Å². The maximum Gasteiger partial charge on any atom is 0.119 e. The van der Waals surface area contributed by atoms with Gasteiger partial charge in [0.1, 0.15) is 5.75 Å². The molecule has 3 heteroatoms. The van der Waals surface area contributed by atoms with Crippen LogP contribution in [-0.2, 0) is 0 Å². The molecule has 1 aliphatic heterocycles. The average molecular weight is 286 g/mol. The lowest BCUT2D eigenvalue weighted by molar-refractivity contribution is 0.134. The second-order valence-corrected chi connectivity index (χ2v) is 6.24. The van der Waals surface area contributed by atoms with Gasteiger partial charge in [-0.25, -0.2) is 0 Å². The monoisotopic (exact) mass is 286 g/mol. The molecule has 0 saturated carbocycles. The van der Waals surface area contributed by atoms with Crippen molar-refractivity contribution in [2.45, 2.75) is 33.1 Å². The van der Waals surface area contributed by atoms with Crippen molar-refractivity contribution in [3.05, 3.63) is 29.8 Å². The van der Waals surface area contributed by atoms with Crippen LogP contribution in [0.2, 0.25) is 0 Å². The summed E-state index contributed by atoms with van der Waals surface area (Å²) < 4.78 is 5.71. The van der Waals surface area contributed by atoms with Gasteiger partial charge in [-0.3, -0.25) is 0 Å². The first-order chi connectivity index (χ1) is 10.2. The molecule has 1 saturated heterocycles. The van der Waals surface area contributed by atoms with E-state index >= 15 is 0 Å². The molecule has 3 nitrogen and oxygen atoms in total. The summed E-state index contributed by atoms with van der Waals surface area (Å²) >= 11 is 0. The Kier molecular flexibility index (Phi) is 6.07. The number of ether oxygens (including phenoxy) is 1. The number of unbranched alkanes of at least 4 members (excludes halogenated alkanes) is 1. The SMILES string of the molecule is C[C@H]1CCN(CCCCOc2ccc(C#N)cc2)C[C@@H]1C. The van der Waals surface area contributed by atoms with Gasteiger partial charge in [-0.05, 0) is 68.5 Å². The number of nitrogens with zero attached hydrogens (tertiary/aromatic N) is 2. The molecule has 0 radical (unpaired) electrons. The third kappa shape index (κ3) is 5.06. The maximum atomic E-state index is 8.74. The Morgan fingerprint density at radius 2 is 1.95 bits per heavy atom. The first-order valence-electron chi connectivity index (χ1n) is 8.04. The van der Waals surface area contributed by atoms with Crippen LogP contribution < -0.4 is 4.74 Å². The van der Waals surface area contributed by atoms with Crippen LogP contribution in [-0.4, -0.2) is 31.1 Å². The van der Waals surface area contributed by atoms with Crippen LogP contribution in [0.3, 0.4) is 0 Å². The zero-order valence-corrected chi connectivity index (χ0v) is 13.2. The van der Waals surface area contributed by atoms with Crippen LogP contribution in [0.25, 0.3) is 0 Å². The van der Waals surface area contributed by atoms with Gasteiger partial charge in [-0.2, -0.15) is 5.26 Å². The molecule has 1 aromatic carbocycles. The minimum atomic E-state index is 0.677. The fourth-order valence-electron chi connectivity index (χ4n) is 2.81. The molecule has 114 valence electrons. The summed E-state index contributed by atoms with van der Waals surface area (Å²) in [5, 5.41) is 8.74. The van der Waals surface area contributed by atoms with E-state index in [2.05, 4.69) is 24.8 Å². The molecular formula is C18H26N2O. The average Bonchev–Trinajstić information content (AvgIpc) is 2.51. The van der Waals surface area contributed by atoms with Crippen molar-refractivity contribution in [2.75, 3.05) is 26.2 Å². The maximum absolute atomic E-state index is 8.74. The largest absolute Gasteiger partial charge is 0.494 e. The van der Waals surface area contributed by atoms with E-state index in [-0.39, 0.29) is 0 Å². The smallest absolute Gasteiger partial charge is 0.119 e. The van der Waals surface area contributed by atoms with E-state index in [4.69, 9.17) is 10.00 Å². The van der Waals surface area contributed by atoms with Crippen LogP contribution in [0.4, 0.5) is 0 Å². The highest BCUT2D eigenvalue weighted by Gasteiger charge is 2.21. The van der Waals surface area contributed by atoms with Gasteiger partial charge in [0.25, 0.3) is 0 Å². The van der Waals surface area contributed by atoms with Crippen LogP contribution >= 0.6 is 0 Å². The Morgan fingerprint density at radius 1 is 1.19 bits per heavy atom. The second kappa shape index (κ2) is 8.05. The van der Waals surface area contributed by atoms with Gasteiger partial charge < -0.3 is 9.64 Å². The summed E-state index contributed by atoms with van der Waals surface area (Å²) in [6.45, 7) is 9.18. The Morgan fingerprint density at radius 3 is 2.62 bits per heavy atom. The summed E-state index contributed by atoms with van der Waals surface area (Å²) in [6.07, 6.45) is 3.61. The molecular weight excluding hydrogens is 260 g/mol. The van der Waals surface area contributed by atoms with E-state index < -0.39 is 0 Å². The number of rotatable bonds is 6. The molecule has 0 N–H and O–H groups in total. The van der Waals surface area contributed by atoms with Crippen LogP contribution in [0.15, 0.2) is 24.3 Å². The molecule has 0 aliphatic carbocycles. The predicted octanol–water partition coefficient (Wildman–Crippen LogP) is 3.70. The van der Waals surface area contributed by atoms with E-state index in [0.29, 0.717) is 5.56 Å².